The van der Waals surface area contributed by atoms with Crippen molar-refractivity contribution < 1.29 is 13.2 Å². The first kappa shape index (κ1) is 14.5. The van der Waals surface area contributed by atoms with Gasteiger partial charge in [-0.2, -0.15) is 28.1 Å². The van der Waals surface area contributed by atoms with Crippen LogP contribution in [0.1, 0.15) is 38.9 Å². The Hall–Kier alpha value is -1.60. The van der Waals surface area contributed by atoms with E-state index in [4.69, 9.17) is 5.73 Å². The third kappa shape index (κ3) is 4.01. The van der Waals surface area contributed by atoms with Crippen LogP contribution in [-0.2, 0) is 6.18 Å². The zero-order valence-corrected chi connectivity index (χ0v) is 10.3. The van der Waals surface area contributed by atoms with Crippen LogP contribution in [-0.4, -0.2) is 21.0 Å². The molecule has 0 spiro atoms. The molecule has 102 valence electrons. The molecule has 5 nitrogen and oxygen atoms in total. The number of rotatable bonds is 5. The molecule has 0 saturated heterocycles. The minimum atomic E-state index is -4.63. The van der Waals surface area contributed by atoms with Crippen LogP contribution in [0.25, 0.3) is 0 Å². The number of hydrogen-bond acceptors (Lipinski definition) is 5. The summed E-state index contributed by atoms with van der Waals surface area (Å²) in [6, 6.07) is 0.0258. The molecule has 0 bridgehead atoms. The third-order valence-corrected chi connectivity index (χ3v) is 2.37. The normalized spacial score (nSPS) is 13.4. The van der Waals surface area contributed by atoms with Gasteiger partial charge in [-0.05, 0) is 12.8 Å². The first-order chi connectivity index (χ1) is 8.36. The standard InChI is InChI=1S/C10H16F3N5/c1-3-5-6(4-2)15-9-17-7(10(11,12)13)16-8(14)18-9/h6H,3-5H2,1-2H3,(H3,14,15,16,17,18). The highest BCUT2D eigenvalue weighted by Crippen LogP contribution is 2.27. The Morgan fingerprint density at radius 1 is 1.22 bits per heavy atom. The molecule has 18 heavy (non-hydrogen) atoms. The highest BCUT2D eigenvalue weighted by atomic mass is 19.4. The minimum absolute atomic E-state index is 0.0258. The Morgan fingerprint density at radius 2 is 1.89 bits per heavy atom. The second-order valence-electron chi connectivity index (χ2n) is 3.88. The van der Waals surface area contributed by atoms with E-state index in [-0.39, 0.29) is 12.0 Å². The minimum Gasteiger partial charge on any atom is -0.368 e. The average molecular weight is 263 g/mol. The second-order valence-corrected chi connectivity index (χ2v) is 3.88. The number of hydrogen-bond donors (Lipinski definition) is 2. The topological polar surface area (TPSA) is 76.7 Å². The molecule has 0 aliphatic rings. The number of halogens is 3. The maximum absolute atomic E-state index is 12.5. The lowest BCUT2D eigenvalue weighted by Crippen LogP contribution is -2.22. The fourth-order valence-corrected chi connectivity index (χ4v) is 1.49. The van der Waals surface area contributed by atoms with Crippen molar-refractivity contribution in [3.05, 3.63) is 5.82 Å². The van der Waals surface area contributed by atoms with E-state index < -0.39 is 17.9 Å². The van der Waals surface area contributed by atoms with Gasteiger partial charge in [0.05, 0.1) is 0 Å². The van der Waals surface area contributed by atoms with Gasteiger partial charge in [0, 0.05) is 6.04 Å². The number of alkyl halides is 3. The van der Waals surface area contributed by atoms with Gasteiger partial charge >= 0.3 is 6.18 Å². The van der Waals surface area contributed by atoms with E-state index in [2.05, 4.69) is 20.3 Å². The van der Waals surface area contributed by atoms with E-state index in [1.165, 1.54) is 0 Å². The summed E-state index contributed by atoms with van der Waals surface area (Å²) in [6.07, 6.45) is -2.12. The molecular formula is C10H16F3N5. The van der Waals surface area contributed by atoms with Crippen LogP contribution in [0.4, 0.5) is 25.1 Å². The van der Waals surface area contributed by atoms with Gasteiger partial charge in [0.2, 0.25) is 17.7 Å². The van der Waals surface area contributed by atoms with Crippen LogP contribution in [0.5, 0.6) is 0 Å². The molecule has 3 N–H and O–H groups in total. The number of aromatic nitrogens is 3. The molecule has 0 fully saturated rings. The van der Waals surface area contributed by atoms with Crippen molar-refractivity contribution in [3.8, 4) is 0 Å². The quantitative estimate of drug-likeness (QED) is 0.853. The highest BCUT2D eigenvalue weighted by molar-refractivity contribution is 5.32. The summed E-state index contributed by atoms with van der Waals surface area (Å²) in [6.45, 7) is 3.93. The summed E-state index contributed by atoms with van der Waals surface area (Å²) >= 11 is 0. The molecule has 0 radical (unpaired) electrons. The van der Waals surface area contributed by atoms with Gasteiger partial charge in [-0.25, -0.2) is 0 Å². The maximum Gasteiger partial charge on any atom is 0.451 e. The molecule has 1 heterocycles. The Kier molecular flexibility index (Phi) is 4.69. The Labute approximate surface area is 103 Å². The largest absolute Gasteiger partial charge is 0.451 e. The van der Waals surface area contributed by atoms with Gasteiger partial charge < -0.3 is 11.1 Å². The number of nitrogen functional groups attached to an aromatic ring is 1. The van der Waals surface area contributed by atoms with E-state index in [1.807, 2.05) is 13.8 Å². The summed E-state index contributed by atoms with van der Waals surface area (Å²) < 4.78 is 37.4. The molecule has 8 heteroatoms. The van der Waals surface area contributed by atoms with Gasteiger partial charge in [-0.3, -0.25) is 0 Å². The molecule has 0 aromatic carbocycles. The van der Waals surface area contributed by atoms with Gasteiger partial charge in [0.1, 0.15) is 0 Å². The highest BCUT2D eigenvalue weighted by Gasteiger charge is 2.35. The first-order valence-electron chi connectivity index (χ1n) is 5.72. The number of anilines is 2. The first-order valence-corrected chi connectivity index (χ1v) is 5.72. The van der Waals surface area contributed by atoms with Crippen molar-refractivity contribution in [1.82, 2.24) is 15.0 Å². The SMILES string of the molecule is CCCC(CC)Nc1nc(N)nc(C(F)(F)F)n1. The van der Waals surface area contributed by atoms with Crippen LogP contribution >= 0.6 is 0 Å². The Morgan fingerprint density at radius 3 is 2.39 bits per heavy atom. The smallest absolute Gasteiger partial charge is 0.368 e. The predicted octanol–water partition coefficient (Wildman–Crippen LogP) is 2.46. The molecule has 1 rings (SSSR count). The fourth-order valence-electron chi connectivity index (χ4n) is 1.49. The summed E-state index contributed by atoms with van der Waals surface area (Å²) in [5.41, 5.74) is 5.25. The predicted molar refractivity (Wildman–Crippen MR) is 61.9 cm³/mol. The van der Waals surface area contributed by atoms with E-state index in [0.717, 1.165) is 19.3 Å². The van der Waals surface area contributed by atoms with Crippen LogP contribution in [0, 0.1) is 0 Å². The van der Waals surface area contributed by atoms with Crippen molar-refractivity contribution in [1.29, 1.82) is 0 Å². The van der Waals surface area contributed by atoms with Crippen LogP contribution in [0.3, 0.4) is 0 Å². The van der Waals surface area contributed by atoms with Gasteiger partial charge in [0.25, 0.3) is 0 Å². The lowest BCUT2D eigenvalue weighted by atomic mass is 10.1. The molecule has 1 unspecified atom stereocenters. The van der Waals surface area contributed by atoms with Crippen molar-refractivity contribution in [2.75, 3.05) is 11.1 Å². The van der Waals surface area contributed by atoms with E-state index in [0.29, 0.717) is 0 Å². The summed E-state index contributed by atoms with van der Waals surface area (Å²) in [5.74, 6) is -1.84. The molecule has 1 aromatic heterocycles. The maximum atomic E-state index is 12.5. The van der Waals surface area contributed by atoms with Crippen molar-refractivity contribution in [3.63, 3.8) is 0 Å². The summed E-state index contributed by atoms with van der Waals surface area (Å²) in [5, 5.41) is 2.84. The van der Waals surface area contributed by atoms with Crippen molar-refractivity contribution >= 4 is 11.9 Å². The number of nitrogens with zero attached hydrogens (tertiary/aromatic N) is 3. The molecule has 1 atom stereocenters. The van der Waals surface area contributed by atoms with Crippen molar-refractivity contribution in [2.45, 2.75) is 45.3 Å². The van der Waals surface area contributed by atoms with E-state index in [9.17, 15) is 13.2 Å². The zero-order valence-electron chi connectivity index (χ0n) is 10.3. The van der Waals surface area contributed by atoms with Crippen LogP contribution in [0.15, 0.2) is 0 Å². The third-order valence-electron chi connectivity index (χ3n) is 2.37. The van der Waals surface area contributed by atoms with E-state index in [1.54, 1.807) is 0 Å². The molecule has 1 aromatic rings. The summed E-state index contributed by atoms with van der Waals surface area (Å²) in [4.78, 5) is 10.1. The number of nitrogens with two attached hydrogens (primary N) is 1. The van der Waals surface area contributed by atoms with Gasteiger partial charge in [-0.15, -0.1) is 0 Å². The zero-order chi connectivity index (χ0) is 13.8. The lowest BCUT2D eigenvalue weighted by molar-refractivity contribution is -0.144. The van der Waals surface area contributed by atoms with Crippen molar-refractivity contribution in [2.24, 2.45) is 0 Å². The van der Waals surface area contributed by atoms with Crippen LogP contribution in [0.2, 0.25) is 0 Å². The monoisotopic (exact) mass is 263 g/mol. The molecule has 0 aliphatic heterocycles. The fraction of sp³-hybridized carbons (Fsp3) is 0.700. The summed E-state index contributed by atoms with van der Waals surface area (Å²) in [7, 11) is 0. The average Bonchev–Trinajstić information content (AvgIpc) is 2.26. The molecule has 0 aliphatic carbocycles. The molecular weight excluding hydrogens is 247 g/mol. The number of nitrogens with one attached hydrogen (secondary N) is 1. The second kappa shape index (κ2) is 5.83. The van der Waals surface area contributed by atoms with Gasteiger partial charge in [-0.1, -0.05) is 20.3 Å². The van der Waals surface area contributed by atoms with Crippen LogP contribution < -0.4 is 11.1 Å². The van der Waals surface area contributed by atoms with E-state index >= 15 is 0 Å². The molecule has 0 amide bonds. The Balaban J connectivity index is 2.92. The molecule has 0 saturated carbocycles. The van der Waals surface area contributed by atoms with Gasteiger partial charge in [0.15, 0.2) is 0 Å². The Bertz CT molecular complexity index is 394. The lowest BCUT2D eigenvalue weighted by Gasteiger charge is -2.16.